The van der Waals surface area contributed by atoms with Gasteiger partial charge in [-0.15, -0.1) is 0 Å². The molecule has 0 bridgehead atoms. The minimum Gasteiger partial charge on any atom is -0.550 e. The van der Waals surface area contributed by atoms with Crippen LogP contribution in [0.2, 0.25) is 0 Å². The fourth-order valence-electron chi connectivity index (χ4n) is 3.50. The molecule has 0 unspecified atom stereocenters. The van der Waals surface area contributed by atoms with Crippen molar-refractivity contribution in [2.75, 3.05) is 0 Å². The van der Waals surface area contributed by atoms with Crippen LogP contribution in [0.5, 0.6) is 0 Å². The van der Waals surface area contributed by atoms with E-state index in [-0.39, 0.29) is 47.3 Å². The maximum Gasteiger partial charge on any atom is 1.00 e. The van der Waals surface area contributed by atoms with Crippen LogP contribution < -0.4 is 40.1 Å². The quantitative estimate of drug-likeness (QED) is 0.457. The van der Waals surface area contributed by atoms with Gasteiger partial charge in [0.25, 0.3) is 0 Å². The van der Waals surface area contributed by atoms with E-state index in [0.29, 0.717) is 22.3 Å². The van der Waals surface area contributed by atoms with E-state index >= 15 is 0 Å². The summed E-state index contributed by atoms with van der Waals surface area (Å²) in [7, 11) is 0. The molecule has 4 rings (SSSR count). The fourth-order valence-corrected chi connectivity index (χ4v) is 3.50. The van der Waals surface area contributed by atoms with Gasteiger partial charge >= 0.3 is 29.6 Å². The number of carbonyl (C=O) groups excluding carboxylic acids is 1. The van der Waals surface area contributed by atoms with Crippen molar-refractivity contribution in [3.63, 3.8) is 0 Å². The van der Waals surface area contributed by atoms with Crippen LogP contribution in [0, 0.1) is 0 Å². The molecular weight excluding hydrogens is 375 g/mol. The van der Waals surface area contributed by atoms with E-state index in [9.17, 15) is 14.7 Å². The van der Waals surface area contributed by atoms with Crippen LogP contribution >= 0.6 is 0 Å². The van der Waals surface area contributed by atoms with Gasteiger partial charge in [-0.2, -0.15) is 0 Å². The number of carbonyl (C=O) groups is 1. The molecule has 0 spiro atoms. The topological polar surface area (TPSA) is 70.3 Å². The SMILES string of the molecule is O=C([O-])Cc1cccc2c(=O)cc(C(c3ccccc3)c3ccccc3)oc12.[Na+]. The molecule has 4 aromatic rings. The molecule has 0 fully saturated rings. The monoisotopic (exact) mass is 392 g/mol. The molecule has 4 nitrogen and oxygen atoms in total. The average Bonchev–Trinajstić information content (AvgIpc) is 2.70. The molecule has 0 saturated carbocycles. The zero-order chi connectivity index (χ0) is 19.5. The summed E-state index contributed by atoms with van der Waals surface area (Å²) in [5, 5.41) is 11.5. The number of para-hydroxylation sites is 1. The molecular formula is C24H17NaO4. The minimum atomic E-state index is -1.22. The van der Waals surface area contributed by atoms with Gasteiger partial charge in [0.15, 0.2) is 5.43 Å². The number of benzene rings is 3. The number of aliphatic carboxylic acids is 1. The number of carboxylic acids is 1. The van der Waals surface area contributed by atoms with E-state index in [0.717, 1.165) is 11.1 Å². The van der Waals surface area contributed by atoms with Crippen molar-refractivity contribution in [2.24, 2.45) is 0 Å². The van der Waals surface area contributed by atoms with Crippen molar-refractivity contribution in [1.82, 2.24) is 0 Å². The summed E-state index contributed by atoms with van der Waals surface area (Å²) >= 11 is 0. The summed E-state index contributed by atoms with van der Waals surface area (Å²) in [6.07, 6.45) is -0.314. The Bertz CT molecular complexity index is 1140. The molecule has 138 valence electrons. The van der Waals surface area contributed by atoms with E-state index in [1.807, 2.05) is 60.7 Å². The Hall–Kier alpha value is -2.66. The largest absolute Gasteiger partial charge is 1.00 e. The molecule has 0 radical (unpaired) electrons. The van der Waals surface area contributed by atoms with Gasteiger partial charge in [-0.3, -0.25) is 4.79 Å². The maximum atomic E-state index is 12.8. The Morgan fingerprint density at radius 3 is 2.00 bits per heavy atom. The summed E-state index contributed by atoms with van der Waals surface area (Å²) in [5.74, 6) is -1.03. The molecule has 0 saturated heterocycles. The Kier molecular flexibility index (Phi) is 6.70. The van der Waals surface area contributed by atoms with Crippen molar-refractivity contribution in [3.8, 4) is 0 Å². The van der Waals surface area contributed by atoms with Crippen LogP contribution in [0.4, 0.5) is 0 Å². The predicted octanol–water partition coefficient (Wildman–Crippen LogP) is 0.270. The molecule has 0 atom stereocenters. The first-order valence-electron chi connectivity index (χ1n) is 8.99. The number of fused-ring (bicyclic) bond motifs is 1. The second kappa shape index (κ2) is 9.23. The third-order valence-electron chi connectivity index (χ3n) is 4.74. The molecule has 0 N–H and O–H groups in total. The molecule has 0 aliphatic rings. The van der Waals surface area contributed by atoms with Crippen LogP contribution in [-0.4, -0.2) is 5.97 Å². The molecule has 0 aliphatic carbocycles. The number of hydrogen-bond acceptors (Lipinski definition) is 4. The third-order valence-corrected chi connectivity index (χ3v) is 4.74. The Balaban J connectivity index is 0.00000240. The summed E-state index contributed by atoms with van der Waals surface area (Å²) in [6, 6.07) is 26.0. The third kappa shape index (κ3) is 4.51. The van der Waals surface area contributed by atoms with Crippen LogP contribution in [0.3, 0.4) is 0 Å². The molecule has 1 aromatic heterocycles. The Labute approximate surface area is 190 Å². The predicted molar refractivity (Wildman–Crippen MR) is 105 cm³/mol. The fraction of sp³-hybridized carbons (Fsp3) is 0.0833. The smallest absolute Gasteiger partial charge is 0.550 e. The number of rotatable bonds is 5. The minimum absolute atomic E-state index is 0. The molecule has 0 amide bonds. The molecule has 29 heavy (non-hydrogen) atoms. The van der Waals surface area contributed by atoms with E-state index in [1.165, 1.54) is 6.07 Å². The van der Waals surface area contributed by atoms with Gasteiger partial charge in [0, 0.05) is 24.0 Å². The van der Waals surface area contributed by atoms with Crippen molar-refractivity contribution in [3.05, 3.63) is 118 Å². The molecule has 1 heterocycles. The van der Waals surface area contributed by atoms with Crippen LogP contribution in [0.15, 0.2) is 94.1 Å². The van der Waals surface area contributed by atoms with E-state index in [1.54, 1.807) is 18.2 Å². The van der Waals surface area contributed by atoms with Crippen molar-refractivity contribution in [1.29, 1.82) is 0 Å². The van der Waals surface area contributed by atoms with Gasteiger partial charge in [-0.05, 0) is 17.2 Å². The molecule has 3 aromatic carbocycles. The Morgan fingerprint density at radius 2 is 1.45 bits per heavy atom. The standard InChI is InChI=1S/C24H18O4.Na/c25-20-15-21(28-24-18(14-22(26)27)12-7-13-19(20)24)23(16-8-3-1-4-9-16)17-10-5-2-6-11-17;/h1-13,15,23H,14H2,(H,26,27);/q;+1/p-1. The van der Waals surface area contributed by atoms with Gasteiger partial charge in [-0.1, -0.05) is 72.8 Å². The van der Waals surface area contributed by atoms with Crippen LogP contribution in [0.1, 0.15) is 28.4 Å². The van der Waals surface area contributed by atoms with Crippen LogP contribution in [0.25, 0.3) is 11.0 Å². The van der Waals surface area contributed by atoms with E-state index in [2.05, 4.69) is 0 Å². The summed E-state index contributed by atoms with van der Waals surface area (Å²) in [6.45, 7) is 0. The van der Waals surface area contributed by atoms with Crippen molar-refractivity contribution < 1.29 is 43.9 Å². The van der Waals surface area contributed by atoms with Gasteiger partial charge in [0.2, 0.25) is 0 Å². The van der Waals surface area contributed by atoms with Gasteiger partial charge in [-0.25, -0.2) is 0 Å². The normalized spacial score (nSPS) is 10.7. The van der Waals surface area contributed by atoms with Crippen LogP contribution in [-0.2, 0) is 11.2 Å². The second-order valence-electron chi connectivity index (χ2n) is 6.61. The zero-order valence-corrected chi connectivity index (χ0v) is 18.0. The second-order valence-corrected chi connectivity index (χ2v) is 6.61. The van der Waals surface area contributed by atoms with E-state index < -0.39 is 5.97 Å². The zero-order valence-electron chi connectivity index (χ0n) is 16.0. The first-order chi connectivity index (χ1) is 13.6. The number of hydrogen-bond donors (Lipinski definition) is 0. The first-order valence-corrected chi connectivity index (χ1v) is 8.99. The molecule has 5 heteroatoms. The summed E-state index contributed by atoms with van der Waals surface area (Å²) in [4.78, 5) is 23.9. The van der Waals surface area contributed by atoms with E-state index in [4.69, 9.17) is 4.42 Å². The first kappa shape index (κ1) is 21.1. The average molecular weight is 392 g/mol. The van der Waals surface area contributed by atoms with Crippen molar-refractivity contribution in [2.45, 2.75) is 12.3 Å². The van der Waals surface area contributed by atoms with Gasteiger partial charge in [0.05, 0.1) is 11.3 Å². The Morgan fingerprint density at radius 1 is 0.862 bits per heavy atom. The maximum absolute atomic E-state index is 12.8. The summed E-state index contributed by atoms with van der Waals surface area (Å²) < 4.78 is 6.15. The molecule has 0 aliphatic heterocycles. The summed E-state index contributed by atoms with van der Waals surface area (Å²) in [5.41, 5.74) is 2.48. The van der Waals surface area contributed by atoms with Crippen molar-refractivity contribution >= 4 is 16.9 Å². The van der Waals surface area contributed by atoms with Gasteiger partial charge < -0.3 is 14.3 Å². The number of carboxylic acid groups (broad SMARTS) is 1. The van der Waals surface area contributed by atoms with Gasteiger partial charge in [0.1, 0.15) is 11.3 Å².